The van der Waals surface area contributed by atoms with Crippen LogP contribution in [-0.4, -0.2) is 16.9 Å². The first-order valence-corrected chi connectivity index (χ1v) is 10.4. The lowest BCUT2D eigenvalue weighted by molar-refractivity contribution is -0.122. The van der Waals surface area contributed by atoms with Crippen LogP contribution in [-0.2, 0) is 11.2 Å². The Bertz CT molecular complexity index is 877. The molecule has 0 saturated carbocycles. The van der Waals surface area contributed by atoms with E-state index in [0.29, 0.717) is 12.3 Å². The molecule has 0 spiro atoms. The number of benzene rings is 1. The molecular weight excluding hydrogens is 348 g/mol. The van der Waals surface area contributed by atoms with E-state index in [1.54, 1.807) is 0 Å². The second kappa shape index (κ2) is 7.94. The number of fused-ring (bicyclic) bond motifs is 1. The van der Waals surface area contributed by atoms with Gasteiger partial charge in [0.15, 0.2) is 0 Å². The lowest BCUT2D eigenvalue weighted by Gasteiger charge is -2.38. The van der Waals surface area contributed by atoms with Crippen LogP contribution in [0.4, 0.5) is 5.69 Å². The zero-order valence-corrected chi connectivity index (χ0v) is 18.2. The molecular formula is C24H32N2O2. The third-order valence-electron chi connectivity index (χ3n) is 5.73. The Morgan fingerprint density at radius 3 is 2.29 bits per heavy atom. The van der Waals surface area contributed by atoms with Gasteiger partial charge in [0.1, 0.15) is 5.75 Å². The Kier molecular flexibility index (Phi) is 5.78. The molecule has 0 saturated heterocycles. The van der Waals surface area contributed by atoms with Gasteiger partial charge in [-0.25, -0.2) is 4.98 Å². The van der Waals surface area contributed by atoms with Gasteiger partial charge in [0.05, 0.1) is 5.69 Å². The Balaban J connectivity index is 2.14. The highest BCUT2D eigenvalue weighted by Gasteiger charge is 2.36. The van der Waals surface area contributed by atoms with Gasteiger partial charge in [-0.15, -0.1) is 0 Å². The summed E-state index contributed by atoms with van der Waals surface area (Å²) < 4.78 is 6.40. The van der Waals surface area contributed by atoms with Crippen LogP contribution in [0.25, 0.3) is 0 Å². The van der Waals surface area contributed by atoms with E-state index in [9.17, 15) is 4.79 Å². The van der Waals surface area contributed by atoms with Crippen molar-refractivity contribution in [3.05, 3.63) is 46.1 Å². The summed E-state index contributed by atoms with van der Waals surface area (Å²) in [5.41, 5.74) is 6.32. The van der Waals surface area contributed by atoms with E-state index in [1.165, 1.54) is 5.56 Å². The first-order chi connectivity index (χ1) is 13.3. The van der Waals surface area contributed by atoms with Crippen LogP contribution in [0.1, 0.15) is 61.6 Å². The van der Waals surface area contributed by atoms with E-state index in [2.05, 4.69) is 46.8 Å². The third-order valence-corrected chi connectivity index (χ3v) is 5.73. The normalized spacial score (nSPS) is 16.5. The number of hydrogen-bond donors (Lipinski definition) is 0. The fraction of sp³-hybridized carbons (Fsp3) is 0.500. The standard InChI is InChI=1S/C24H32N2O2/c1-8-19(9-2)26-21-13-18(7)25-23(20(21)12-17(6)24(26)27)28-22-15(4)10-14(3)11-16(22)5/h10-11,13,17,19H,8-9,12H2,1-7H3. The SMILES string of the molecule is CCC(CC)N1C(=O)C(C)Cc2c1cc(C)nc2Oc1c(C)cc(C)cc1C. The molecule has 0 aliphatic carbocycles. The first-order valence-electron chi connectivity index (χ1n) is 10.4. The van der Waals surface area contributed by atoms with Crippen molar-refractivity contribution < 1.29 is 9.53 Å². The summed E-state index contributed by atoms with van der Waals surface area (Å²) in [6, 6.07) is 6.51. The summed E-state index contributed by atoms with van der Waals surface area (Å²) >= 11 is 0. The minimum atomic E-state index is -0.0693. The molecule has 150 valence electrons. The summed E-state index contributed by atoms with van der Waals surface area (Å²) in [5.74, 6) is 1.64. The number of pyridine rings is 1. The molecule has 2 aromatic rings. The van der Waals surface area contributed by atoms with Gasteiger partial charge in [0, 0.05) is 23.2 Å². The molecule has 2 heterocycles. The van der Waals surface area contributed by atoms with Crippen molar-refractivity contribution in [1.29, 1.82) is 0 Å². The summed E-state index contributed by atoms with van der Waals surface area (Å²) in [7, 11) is 0. The molecule has 4 heteroatoms. The number of anilines is 1. The van der Waals surface area contributed by atoms with E-state index in [4.69, 9.17) is 9.72 Å². The van der Waals surface area contributed by atoms with Gasteiger partial charge in [0.2, 0.25) is 11.8 Å². The van der Waals surface area contributed by atoms with Gasteiger partial charge in [-0.1, -0.05) is 38.5 Å². The quantitative estimate of drug-likeness (QED) is 0.656. The molecule has 1 aromatic carbocycles. The molecule has 0 N–H and O–H groups in total. The highest BCUT2D eigenvalue weighted by molar-refractivity contribution is 5.99. The van der Waals surface area contributed by atoms with Crippen LogP contribution >= 0.6 is 0 Å². The van der Waals surface area contributed by atoms with Crippen LogP contribution < -0.4 is 9.64 Å². The molecule has 4 nitrogen and oxygen atoms in total. The van der Waals surface area contributed by atoms with E-state index in [0.717, 1.165) is 46.7 Å². The maximum atomic E-state index is 13.0. The van der Waals surface area contributed by atoms with Crippen LogP contribution in [0.5, 0.6) is 11.6 Å². The molecule has 3 rings (SSSR count). The molecule has 1 unspecified atom stereocenters. The predicted octanol–water partition coefficient (Wildman–Crippen LogP) is 5.82. The van der Waals surface area contributed by atoms with E-state index in [-0.39, 0.29) is 17.9 Å². The lowest BCUT2D eigenvalue weighted by atomic mass is 9.91. The maximum Gasteiger partial charge on any atom is 0.230 e. The number of hydrogen-bond acceptors (Lipinski definition) is 3. The highest BCUT2D eigenvalue weighted by atomic mass is 16.5. The molecule has 0 bridgehead atoms. The van der Waals surface area contributed by atoms with Gasteiger partial charge < -0.3 is 9.64 Å². The topological polar surface area (TPSA) is 42.4 Å². The van der Waals surface area contributed by atoms with Gasteiger partial charge in [-0.3, -0.25) is 4.79 Å². The van der Waals surface area contributed by atoms with E-state index in [1.807, 2.05) is 24.8 Å². The Hall–Kier alpha value is -2.36. The number of rotatable bonds is 5. The van der Waals surface area contributed by atoms with Crippen molar-refractivity contribution in [3.63, 3.8) is 0 Å². The zero-order chi connectivity index (χ0) is 20.6. The van der Waals surface area contributed by atoms with Gasteiger partial charge >= 0.3 is 0 Å². The van der Waals surface area contributed by atoms with Crippen molar-refractivity contribution in [1.82, 2.24) is 4.98 Å². The number of aryl methyl sites for hydroxylation is 4. The van der Waals surface area contributed by atoms with Crippen LogP contribution in [0.2, 0.25) is 0 Å². The third kappa shape index (κ3) is 3.65. The van der Waals surface area contributed by atoms with Crippen molar-refractivity contribution >= 4 is 11.6 Å². The molecule has 1 amide bonds. The molecule has 1 aliphatic rings. The number of amides is 1. The Morgan fingerprint density at radius 2 is 1.71 bits per heavy atom. The van der Waals surface area contributed by atoms with Crippen molar-refractivity contribution in [2.75, 3.05) is 4.90 Å². The molecule has 28 heavy (non-hydrogen) atoms. The van der Waals surface area contributed by atoms with Gasteiger partial charge in [-0.05, 0) is 64.2 Å². The minimum absolute atomic E-state index is 0.0693. The minimum Gasteiger partial charge on any atom is -0.438 e. The van der Waals surface area contributed by atoms with Gasteiger partial charge in [-0.2, -0.15) is 0 Å². The number of carbonyl (C=O) groups excluding carboxylic acids is 1. The average molecular weight is 381 g/mol. The van der Waals surface area contributed by atoms with Crippen LogP contribution in [0.15, 0.2) is 18.2 Å². The molecule has 1 atom stereocenters. The van der Waals surface area contributed by atoms with E-state index < -0.39 is 0 Å². The average Bonchev–Trinajstić information content (AvgIpc) is 2.62. The number of carbonyl (C=O) groups is 1. The molecule has 0 radical (unpaired) electrons. The zero-order valence-electron chi connectivity index (χ0n) is 18.2. The summed E-state index contributed by atoms with van der Waals surface area (Å²) in [4.78, 5) is 19.8. The van der Waals surface area contributed by atoms with Crippen molar-refractivity contribution in [3.8, 4) is 11.6 Å². The monoisotopic (exact) mass is 380 g/mol. The fourth-order valence-corrected chi connectivity index (χ4v) is 4.35. The fourth-order valence-electron chi connectivity index (χ4n) is 4.35. The second-order valence-electron chi connectivity index (χ2n) is 8.18. The Morgan fingerprint density at radius 1 is 1.11 bits per heavy atom. The summed E-state index contributed by atoms with van der Waals surface area (Å²) in [6.07, 6.45) is 2.53. The molecule has 1 aliphatic heterocycles. The Labute approximate surface area is 168 Å². The van der Waals surface area contributed by atoms with Crippen molar-refractivity contribution in [2.24, 2.45) is 5.92 Å². The summed E-state index contributed by atoms with van der Waals surface area (Å²) in [5, 5.41) is 0. The van der Waals surface area contributed by atoms with Gasteiger partial charge in [0.25, 0.3) is 0 Å². The molecule has 0 fully saturated rings. The van der Waals surface area contributed by atoms with E-state index >= 15 is 0 Å². The summed E-state index contributed by atoms with van der Waals surface area (Å²) in [6.45, 7) is 14.5. The smallest absolute Gasteiger partial charge is 0.230 e. The predicted molar refractivity (Wildman–Crippen MR) is 114 cm³/mol. The lowest BCUT2D eigenvalue weighted by Crippen LogP contribution is -2.46. The molecule has 1 aromatic heterocycles. The second-order valence-corrected chi connectivity index (χ2v) is 8.18. The highest BCUT2D eigenvalue weighted by Crippen LogP contribution is 2.41. The van der Waals surface area contributed by atoms with Crippen LogP contribution in [0.3, 0.4) is 0 Å². The number of nitrogens with zero attached hydrogens (tertiary/aromatic N) is 2. The van der Waals surface area contributed by atoms with Crippen molar-refractivity contribution in [2.45, 2.75) is 73.8 Å². The van der Waals surface area contributed by atoms with Crippen LogP contribution in [0, 0.1) is 33.6 Å². The maximum absolute atomic E-state index is 13.0. The first kappa shape index (κ1) is 20.4. The number of aromatic nitrogens is 1. The largest absolute Gasteiger partial charge is 0.438 e. The number of ether oxygens (including phenoxy) is 1.